The van der Waals surface area contributed by atoms with E-state index in [2.05, 4.69) is 32.8 Å². The minimum Gasteiger partial charge on any atom is -0.497 e. The first kappa shape index (κ1) is 19.3. The summed E-state index contributed by atoms with van der Waals surface area (Å²) in [5.41, 5.74) is 3.12. The number of ketones is 1. The lowest BCUT2D eigenvalue weighted by Crippen LogP contribution is -2.38. The second kappa shape index (κ2) is 7.85. The molecule has 1 fully saturated rings. The Morgan fingerprint density at radius 3 is 2.93 bits per heavy atom. The molecule has 0 bridgehead atoms. The number of imidazole rings is 1. The molecule has 0 unspecified atom stereocenters. The van der Waals surface area contributed by atoms with Gasteiger partial charge in [-0.3, -0.25) is 14.1 Å². The Kier molecular flexibility index (Phi) is 5.05. The number of aryl methyl sites for hydroxylation is 1. The van der Waals surface area contributed by atoms with Crippen LogP contribution in [0.25, 0.3) is 15.7 Å². The highest BCUT2D eigenvalue weighted by Crippen LogP contribution is 2.27. The van der Waals surface area contributed by atoms with Crippen molar-refractivity contribution in [2.45, 2.75) is 26.3 Å². The number of hydrogen-bond donors (Lipinski definition) is 0. The number of rotatable bonds is 5. The minimum atomic E-state index is 0.0423. The Labute approximate surface area is 179 Å². The lowest BCUT2D eigenvalue weighted by atomic mass is 9.89. The van der Waals surface area contributed by atoms with Crippen molar-refractivity contribution in [1.29, 1.82) is 0 Å². The second-order valence-corrected chi connectivity index (χ2v) is 8.94. The van der Waals surface area contributed by atoms with Gasteiger partial charge in [-0.25, -0.2) is 4.98 Å². The molecular formula is C24H25N3O2S. The van der Waals surface area contributed by atoms with Crippen LogP contribution >= 0.6 is 11.3 Å². The summed E-state index contributed by atoms with van der Waals surface area (Å²) in [6.07, 6.45) is 4.09. The number of fused-ring (bicyclic) bond motifs is 2. The van der Waals surface area contributed by atoms with Crippen molar-refractivity contribution in [3.63, 3.8) is 0 Å². The number of likely N-dealkylation sites (tertiary alicyclic amines) is 1. The third-order valence-corrected chi connectivity index (χ3v) is 6.90. The van der Waals surface area contributed by atoms with E-state index in [1.807, 2.05) is 36.4 Å². The molecule has 1 aliphatic rings. The summed E-state index contributed by atoms with van der Waals surface area (Å²) in [7, 11) is 1.67. The Hall–Kier alpha value is -2.70. The van der Waals surface area contributed by atoms with Crippen molar-refractivity contribution >= 4 is 32.9 Å². The predicted molar refractivity (Wildman–Crippen MR) is 121 cm³/mol. The van der Waals surface area contributed by atoms with Crippen molar-refractivity contribution in [1.82, 2.24) is 14.3 Å². The van der Waals surface area contributed by atoms with Crippen LogP contribution in [0.5, 0.6) is 5.75 Å². The number of hydrogen-bond acceptors (Lipinski definition) is 5. The Morgan fingerprint density at radius 2 is 2.07 bits per heavy atom. The van der Waals surface area contributed by atoms with Crippen LogP contribution < -0.4 is 4.74 Å². The van der Waals surface area contributed by atoms with Crippen LogP contribution in [0.4, 0.5) is 0 Å². The molecule has 4 aromatic rings. The fourth-order valence-corrected chi connectivity index (χ4v) is 5.27. The van der Waals surface area contributed by atoms with E-state index in [0.717, 1.165) is 65.2 Å². The van der Waals surface area contributed by atoms with Gasteiger partial charge in [0.1, 0.15) is 5.75 Å². The molecule has 1 aliphatic heterocycles. The normalized spacial score (nSPS) is 17.6. The number of piperidine rings is 1. The quantitative estimate of drug-likeness (QED) is 0.429. The summed E-state index contributed by atoms with van der Waals surface area (Å²) in [4.78, 5) is 21.4. The molecule has 0 aliphatic carbocycles. The Balaban J connectivity index is 1.34. The van der Waals surface area contributed by atoms with Crippen LogP contribution in [0, 0.1) is 12.8 Å². The van der Waals surface area contributed by atoms with E-state index in [4.69, 9.17) is 4.74 Å². The van der Waals surface area contributed by atoms with Crippen LogP contribution in [0.3, 0.4) is 0 Å². The average Bonchev–Trinajstić information content (AvgIpc) is 3.34. The molecule has 5 nitrogen and oxygen atoms in total. The van der Waals surface area contributed by atoms with Crippen molar-refractivity contribution in [3.8, 4) is 5.75 Å². The van der Waals surface area contributed by atoms with Gasteiger partial charge in [0, 0.05) is 36.1 Å². The third kappa shape index (κ3) is 3.50. The maximum Gasteiger partial charge on any atom is 0.194 e. The highest BCUT2D eigenvalue weighted by atomic mass is 32.1. The van der Waals surface area contributed by atoms with Crippen molar-refractivity contribution in [2.24, 2.45) is 5.92 Å². The molecule has 1 saturated heterocycles. The zero-order valence-electron chi connectivity index (χ0n) is 17.3. The standard InChI is InChI=1S/C24H25N3O2S/c1-16-22(27-10-11-30-24(27)25-16)15-26-9-3-4-20(14-26)23(28)19-6-5-18-13-21(29-2)8-7-17(18)12-19/h5-8,10-13,20H,3-4,9,14-15H2,1-2H3/t20-/m1/s1. The minimum absolute atomic E-state index is 0.0423. The van der Waals surface area contributed by atoms with Gasteiger partial charge in [-0.15, -0.1) is 11.3 Å². The average molecular weight is 420 g/mol. The predicted octanol–water partition coefficient (Wildman–Crippen LogP) is 4.96. The van der Waals surface area contributed by atoms with Gasteiger partial charge < -0.3 is 4.74 Å². The fraction of sp³-hybridized carbons (Fsp3) is 0.333. The van der Waals surface area contributed by atoms with Crippen molar-refractivity contribution < 1.29 is 9.53 Å². The lowest BCUT2D eigenvalue weighted by molar-refractivity contribution is 0.0810. The van der Waals surface area contributed by atoms with E-state index in [1.165, 1.54) is 5.69 Å². The van der Waals surface area contributed by atoms with E-state index >= 15 is 0 Å². The number of Topliss-reactive ketones (excluding diaryl/α,β-unsaturated/α-hetero) is 1. The van der Waals surface area contributed by atoms with E-state index < -0.39 is 0 Å². The number of benzene rings is 2. The molecule has 3 heterocycles. The van der Waals surface area contributed by atoms with Crippen LogP contribution in [-0.4, -0.2) is 40.3 Å². The lowest BCUT2D eigenvalue weighted by Gasteiger charge is -2.32. The molecule has 154 valence electrons. The smallest absolute Gasteiger partial charge is 0.194 e. The van der Waals surface area contributed by atoms with E-state index in [-0.39, 0.29) is 11.7 Å². The molecule has 0 N–H and O–H groups in total. The molecule has 0 amide bonds. The molecular weight excluding hydrogens is 394 g/mol. The van der Waals surface area contributed by atoms with Crippen molar-refractivity contribution in [2.75, 3.05) is 20.2 Å². The van der Waals surface area contributed by atoms with Crippen LogP contribution in [0.1, 0.15) is 34.6 Å². The highest BCUT2D eigenvalue weighted by molar-refractivity contribution is 7.15. The van der Waals surface area contributed by atoms with Gasteiger partial charge in [-0.2, -0.15) is 0 Å². The molecule has 0 saturated carbocycles. The largest absolute Gasteiger partial charge is 0.497 e. The second-order valence-electron chi connectivity index (χ2n) is 8.07. The van der Waals surface area contributed by atoms with Gasteiger partial charge in [0.2, 0.25) is 0 Å². The molecule has 30 heavy (non-hydrogen) atoms. The zero-order valence-corrected chi connectivity index (χ0v) is 18.1. The third-order valence-electron chi connectivity index (χ3n) is 6.14. The topological polar surface area (TPSA) is 46.8 Å². The van der Waals surface area contributed by atoms with Crippen molar-refractivity contribution in [3.05, 3.63) is 64.9 Å². The molecule has 6 heteroatoms. The molecule has 0 spiro atoms. The summed E-state index contributed by atoms with van der Waals surface area (Å²) in [5.74, 6) is 1.13. The number of carbonyl (C=O) groups excluding carboxylic acids is 1. The maximum absolute atomic E-state index is 13.3. The first-order valence-corrected chi connectivity index (χ1v) is 11.3. The number of nitrogens with zero attached hydrogens (tertiary/aromatic N) is 3. The van der Waals surface area contributed by atoms with Gasteiger partial charge in [0.25, 0.3) is 0 Å². The van der Waals surface area contributed by atoms with Gasteiger partial charge in [0.05, 0.1) is 18.5 Å². The Morgan fingerprint density at radius 1 is 1.23 bits per heavy atom. The maximum atomic E-state index is 13.3. The number of thiazole rings is 1. The van der Waals surface area contributed by atoms with E-state index in [0.29, 0.717) is 0 Å². The van der Waals surface area contributed by atoms with Gasteiger partial charge in [-0.1, -0.05) is 18.2 Å². The van der Waals surface area contributed by atoms with Gasteiger partial charge in [0.15, 0.2) is 10.7 Å². The summed E-state index contributed by atoms with van der Waals surface area (Å²) < 4.78 is 7.49. The summed E-state index contributed by atoms with van der Waals surface area (Å²) in [6.45, 7) is 4.74. The number of aromatic nitrogens is 2. The Bertz CT molecular complexity index is 1230. The molecule has 2 aromatic carbocycles. The molecule has 2 aromatic heterocycles. The number of carbonyl (C=O) groups is 1. The molecule has 1 atom stereocenters. The van der Waals surface area contributed by atoms with Gasteiger partial charge >= 0.3 is 0 Å². The SMILES string of the molecule is COc1ccc2cc(C(=O)[C@@H]3CCCN(Cc4c(C)nc5sccn45)C3)ccc2c1. The van der Waals surface area contributed by atoms with Crippen LogP contribution in [0.15, 0.2) is 48.0 Å². The summed E-state index contributed by atoms with van der Waals surface area (Å²) in [6, 6.07) is 12.0. The van der Waals surface area contributed by atoms with Crippen LogP contribution in [0.2, 0.25) is 0 Å². The monoisotopic (exact) mass is 419 g/mol. The highest BCUT2D eigenvalue weighted by Gasteiger charge is 2.27. The molecule has 5 rings (SSSR count). The van der Waals surface area contributed by atoms with Crippen LogP contribution in [-0.2, 0) is 6.54 Å². The number of methoxy groups -OCH3 is 1. The number of ether oxygens (including phenoxy) is 1. The first-order chi connectivity index (χ1) is 14.6. The zero-order chi connectivity index (χ0) is 20.7. The fourth-order valence-electron chi connectivity index (χ4n) is 4.50. The van der Waals surface area contributed by atoms with E-state index in [9.17, 15) is 4.79 Å². The summed E-state index contributed by atoms with van der Waals surface area (Å²) >= 11 is 1.66. The van der Waals surface area contributed by atoms with E-state index in [1.54, 1.807) is 18.4 Å². The molecule has 0 radical (unpaired) electrons. The van der Waals surface area contributed by atoms with Gasteiger partial charge in [-0.05, 0) is 55.3 Å². The first-order valence-electron chi connectivity index (χ1n) is 10.4. The summed E-state index contributed by atoms with van der Waals surface area (Å²) in [5, 5.41) is 4.24.